The summed E-state index contributed by atoms with van der Waals surface area (Å²) in [5.41, 5.74) is 1.17. The fourth-order valence-corrected chi connectivity index (χ4v) is 2.60. The van der Waals surface area contributed by atoms with E-state index in [-0.39, 0.29) is 0 Å². The van der Waals surface area contributed by atoms with Gasteiger partial charge in [0.25, 0.3) is 0 Å². The number of nitrogens with one attached hydrogen (secondary N) is 2. The van der Waals surface area contributed by atoms with Crippen LogP contribution in [0, 0.1) is 11.8 Å². The standard InChI is InChI=1S/C20H31N3O2/c1-21-20(22-11-4-12-24-14-16-7-8-16)23-13-18-5-2-3-6-19(18)25-15-17-9-10-17/h2-3,5-6,16-17H,4,7-15H2,1H3,(H2,21,22,23). The van der Waals surface area contributed by atoms with Crippen LogP contribution < -0.4 is 15.4 Å². The minimum absolute atomic E-state index is 0.707. The van der Waals surface area contributed by atoms with Gasteiger partial charge in [-0.3, -0.25) is 4.99 Å². The monoisotopic (exact) mass is 345 g/mol. The Morgan fingerprint density at radius 3 is 2.60 bits per heavy atom. The Bertz CT molecular complexity index is 554. The lowest BCUT2D eigenvalue weighted by molar-refractivity contribution is 0.123. The van der Waals surface area contributed by atoms with Crippen molar-refractivity contribution in [2.24, 2.45) is 16.8 Å². The zero-order valence-electron chi connectivity index (χ0n) is 15.3. The molecule has 2 aliphatic rings. The van der Waals surface area contributed by atoms with E-state index < -0.39 is 0 Å². The lowest BCUT2D eigenvalue weighted by Crippen LogP contribution is -2.37. The molecule has 5 nitrogen and oxygen atoms in total. The molecule has 2 N–H and O–H groups in total. The van der Waals surface area contributed by atoms with Gasteiger partial charge >= 0.3 is 0 Å². The molecule has 0 unspecified atom stereocenters. The SMILES string of the molecule is CN=C(NCCCOCC1CC1)NCc1ccccc1OCC1CC1. The van der Waals surface area contributed by atoms with Crippen molar-refractivity contribution >= 4 is 5.96 Å². The summed E-state index contributed by atoms with van der Waals surface area (Å²) in [7, 11) is 1.80. The molecule has 3 rings (SSSR count). The van der Waals surface area contributed by atoms with Crippen LogP contribution in [0.5, 0.6) is 5.75 Å². The predicted octanol–water partition coefficient (Wildman–Crippen LogP) is 2.96. The number of guanidine groups is 1. The third kappa shape index (κ3) is 6.94. The number of hydrogen-bond donors (Lipinski definition) is 2. The summed E-state index contributed by atoms with van der Waals surface area (Å²) in [4.78, 5) is 4.29. The number of benzene rings is 1. The summed E-state index contributed by atoms with van der Waals surface area (Å²) in [6.07, 6.45) is 6.30. The number of rotatable bonds is 11. The van der Waals surface area contributed by atoms with E-state index in [0.717, 1.165) is 56.3 Å². The molecule has 138 valence electrons. The Labute approximate surface area is 151 Å². The zero-order chi connectivity index (χ0) is 17.3. The second kappa shape index (κ2) is 9.66. The van der Waals surface area contributed by atoms with Crippen LogP contribution in [-0.2, 0) is 11.3 Å². The lowest BCUT2D eigenvalue weighted by atomic mass is 10.2. The summed E-state index contributed by atoms with van der Waals surface area (Å²) >= 11 is 0. The first-order valence-electron chi connectivity index (χ1n) is 9.58. The van der Waals surface area contributed by atoms with Crippen molar-refractivity contribution in [1.82, 2.24) is 10.6 Å². The van der Waals surface area contributed by atoms with Gasteiger partial charge < -0.3 is 20.1 Å². The first-order valence-corrected chi connectivity index (χ1v) is 9.58. The Morgan fingerprint density at radius 2 is 1.84 bits per heavy atom. The van der Waals surface area contributed by atoms with Crippen LogP contribution in [0.25, 0.3) is 0 Å². The number of hydrogen-bond acceptors (Lipinski definition) is 3. The number of nitrogens with zero attached hydrogens (tertiary/aromatic N) is 1. The first kappa shape index (κ1) is 18.1. The van der Waals surface area contributed by atoms with Crippen LogP contribution in [0.1, 0.15) is 37.7 Å². The second-order valence-corrected chi connectivity index (χ2v) is 7.09. The number of para-hydroxylation sites is 1. The third-order valence-electron chi connectivity index (χ3n) is 4.62. The molecule has 5 heteroatoms. The van der Waals surface area contributed by atoms with E-state index >= 15 is 0 Å². The van der Waals surface area contributed by atoms with Crippen LogP contribution in [0.15, 0.2) is 29.3 Å². The second-order valence-electron chi connectivity index (χ2n) is 7.09. The average Bonchev–Trinajstić information content (AvgIpc) is 3.54. The number of ether oxygens (including phenoxy) is 2. The minimum Gasteiger partial charge on any atom is -0.493 e. The summed E-state index contributed by atoms with van der Waals surface area (Å²) in [6, 6.07) is 8.23. The molecule has 0 bridgehead atoms. The van der Waals surface area contributed by atoms with Gasteiger partial charge in [-0.15, -0.1) is 0 Å². The van der Waals surface area contributed by atoms with Gasteiger partial charge in [0.05, 0.1) is 6.61 Å². The molecule has 0 spiro atoms. The van der Waals surface area contributed by atoms with E-state index in [2.05, 4.69) is 21.7 Å². The highest BCUT2D eigenvalue weighted by atomic mass is 16.5. The fourth-order valence-electron chi connectivity index (χ4n) is 2.60. The summed E-state index contributed by atoms with van der Waals surface area (Å²) in [6.45, 7) is 4.16. The van der Waals surface area contributed by atoms with Gasteiger partial charge in [-0.2, -0.15) is 0 Å². The molecule has 1 aromatic carbocycles. The maximum atomic E-state index is 5.96. The molecule has 25 heavy (non-hydrogen) atoms. The normalized spacial score (nSPS) is 17.4. The molecule has 2 fully saturated rings. The van der Waals surface area contributed by atoms with Gasteiger partial charge in [0.15, 0.2) is 5.96 Å². The molecule has 0 heterocycles. The van der Waals surface area contributed by atoms with Gasteiger partial charge in [0, 0.05) is 38.9 Å². The summed E-state index contributed by atoms with van der Waals surface area (Å²) < 4.78 is 11.6. The molecule has 0 amide bonds. The lowest BCUT2D eigenvalue weighted by Gasteiger charge is -2.15. The first-order chi connectivity index (χ1) is 12.3. The van der Waals surface area contributed by atoms with Crippen molar-refractivity contribution in [3.05, 3.63) is 29.8 Å². The van der Waals surface area contributed by atoms with Gasteiger partial charge in [0.1, 0.15) is 5.75 Å². The van der Waals surface area contributed by atoms with E-state index in [1.54, 1.807) is 7.05 Å². The van der Waals surface area contributed by atoms with E-state index in [1.807, 2.05) is 18.2 Å². The highest BCUT2D eigenvalue weighted by Crippen LogP contribution is 2.30. The largest absolute Gasteiger partial charge is 0.493 e. The molecular weight excluding hydrogens is 314 g/mol. The smallest absolute Gasteiger partial charge is 0.191 e. The van der Waals surface area contributed by atoms with Crippen molar-refractivity contribution in [2.45, 2.75) is 38.6 Å². The van der Waals surface area contributed by atoms with Crippen LogP contribution >= 0.6 is 0 Å². The third-order valence-corrected chi connectivity index (χ3v) is 4.62. The average molecular weight is 345 g/mol. The van der Waals surface area contributed by atoms with Gasteiger partial charge in [-0.25, -0.2) is 0 Å². The summed E-state index contributed by atoms with van der Waals surface area (Å²) in [5.74, 6) is 3.40. The fraction of sp³-hybridized carbons (Fsp3) is 0.650. The molecule has 0 aliphatic heterocycles. The topological polar surface area (TPSA) is 54.9 Å². The predicted molar refractivity (Wildman–Crippen MR) is 101 cm³/mol. The molecule has 0 saturated heterocycles. The van der Waals surface area contributed by atoms with Crippen LogP contribution in [0.2, 0.25) is 0 Å². The maximum Gasteiger partial charge on any atom is 0.191 e. The van der Waals surface area contributed by atoms with Gasteiger partial charge in [-0.1, -0.05) is 18.2 Å². The highest BCUT2D eigenvalue weighted by Gasteiger charge is 2.22. The van der Waals surface area contributed by atoms with Crippen LogP contribution in [-0.4, -0.2) is 39.4 Å². The van der Waals surface area contributed by atoms with Crippen molar-refractivity contribution in [1.29, 1.82) is 0 Å². The minimum atomic E-state index is 0.707. The Balaban J connectivity index is 1.33. The zero-order valence-corrected chi connectivity index (χ0v) is 15.3. The Hall–Kier alpha value is -1.75. The highest BCUT2D eigenvalue weighted by molar-refractivity contribution is 5.79. The van der Waals surface area contributed by atoms with Crippen molar-refractivity contribution < 1.29 is 9.47 Å². The Kier molecular flexibility index (Phi) is 6.98. The van der Waals surface area contributed by atoms with Crippen molar-refractivity contribution in [3.63, 3.8) is 0 Å². The quantitative estimate of drug-likeness (QED) is 0.368. The van der Waals surface area contributed by atoms with Crippen LogP contribution in [0.3, 0.4) is 0 Å². The van der Waals surface area contributed by atoms with Crippen molar-refractivity contribution in [2.75, 3.05) is 33.4 Å². The molecular formula is C20H31N3O2. The van der Waals surface area contributed by atoms with E-state index in [0.29, 0.717) is 6.54 Å². The molecule has 0 atom stereocenters. The van der Waals surface area contributed by atoms with E-state index in [1.165, 1.54) is 31.2 Å². The Morgan fingerprint density at radius 1 is 1.08 bits per heavy atom. The van der Waals surface area contributed by atoms with Crippen molar-refractivity contribution in [3.8, 4) is 5.75 Å². The van der Waals surface area contributed by atoms with E-state index in [4.69, 9.17) is 9.47 Å². The summed E-state index contributed by atoms with van der Waals surface area (Å²) in [5, 5.41) is 6.71. The molecule has 0 radical (unpaired) electrons. The maximum absolute atomic E-state index is 5.96. The van der Waals surface area contributed by atoms with Gasteiger partial charge in [-0.05, 0) is 50.0 Å². The number of aliphatic imine (C=N–C) groups is 1. The molecule has 1 aromatic rings. The van der Waals surface area contributed by atoms with Gasteiger partial charge in [0.2, 0.25) is 0 Å². The molecule has 0 aromatic heterocycles. The molecule has 2 saturated carbocycles. The molecule has 2 aliphatic carbocycles. The van der Waals surface area contributed by atoms with E-state index in [9.17, 15) is 0 Å². The van der Waals surface area contributed by atoms with Crippen LogP contribution in [0.4, 0.5) is 0 Å².